The summed E-state index contributed by atoms with van der Waals surface area (Å²) in [5.41, 5.74) is 4.96. The molecule has 0 aliphatic heterocycles. The highest BCUT2D eigenvalue weighted by molar-refractivity contribution is 5.85. The van der Waals surface area contributed by atoms with Crippen molar-refractivity contribution >= 4 is 12.4 Å². The van der Waals surface area contributed by atoms with E-state index >= 15 is 0 Å². The lowest BCUT2D eigenvalue weighted by Crippen LogP contribution is -2.20. The third-order valence-corrected chi connectivity index (χ3v) is 1.84. The van der Waals surface area contributed by atoms with Crippen molar-refractivity contribution in [2.75, 3.05) is 0 Å². The standard InChI is InChI=1S/C9H9F4NO.ClH/c10-5-1-2-8(15)6(3-5)7(14)4-9(11,12)13;/h1-3,7,15H,4,14H2;1H/t7-;/m0./s1. The first-order valence-electron chi connectivity index (χ1n) is 4.10. The van der Waals surface area contributed by atoms with Gasteiger partial charge in [0.1, 0.15) is 11.6 Å². The first-order chi connectivity index (χ1) is 6.79. The highest BCUT2D eigenvalue weighted by Crippen LogP contribution is 2.32. The Bertz CT molecular complexity index is 356. The Balaban J connectivity index is 0.00000225. The third kappa shape index (κ3) is 4.24. The number of phenolic OH excluding ortho intramolecular Hbond substituents is 1. The molecular formula is C9H10ClF4NO. The summed E-state index contributed by atoms with van der Waals surface area (Å²) in [7, 11) is 0. The van der Waals surface area contributed by atoms with E-state index in [9.17, 15) is 22.7 Å². The van der Waals surface area contributed by atoms with Crippen LogP contribution in [0, 0.1) is 5.82 Å². The molecular weight excluding hydrogens is 250 g/mol. The van der Waals surface area contributed by atoms with Crippen LogP contribution in [0.25, 0.3) is 0 Å². The zero-order valence-corrected chi connectivity index (χ0v) is 8.78. The van der Waals surface area contributed by atoms with Gasteiger partial charge in [-0.15, -0.1) is 12.4 Å². The maximum Gasteiger partial charge on any atom is 0.390 e. The molecule has 0 fully saturated rings. The minimum Gasteiger partial charge on any atom is -0.508 e. The van der Waals surface area contributed by atoms with Crippen molar-refractivity contribution in [3.05, 3.63) is 29.6 Å². The second kappa shape index (κ2) is 5.36. The summed E-state index contributed by atoms with van der Waals surface area (Å²) in [6, 6.07) is 1.26. The van der Waals surface area contributed by atoms with Gasteiger partial charge in [-0.3, -0.25) is 0 Å². The normalized spacial score (nSPS) is 13.1. The van der Waals surface area contributed by atoms with Crippen LogP contribution in [0.2, 0.25) is 0 Å². The maximum absolute atomic E-state index is 12.7. The Labute approximate surface area is 95.5 Å². The SMILES string of the molecule is Cl.N[C@@H](CC(F)(F)F)c1cc(F)ccc1O. The number of rotatable bonds is 2. The fourth-order valence-electron chi connectivity index (χ4n) is 1.18. The number of phenols is 1. The Hall–Kier alpha value is -1.01. The summed E-state index contributed by atoms with van der Waals surface area (Å²) in [5.74, 6) is -1.17. The molecule has 0 saturated heterocycles. The highest BCUT2D eigenvalue weighted by atomic mass is 35.5. The van der Waals surface area contributed by atoms with Crippen molar-refractivity contribution in [1.29, 1.82) is 0 Å². The molecule has 2 nitrogen and oxygen atoms in total. The van der Waals surface area contributed by atoms with Crippen molar-refractivity contribution in [3.8, 4) is 5.75 Å². The summed E-state index contributed by atoms with van der Waals surface area (Å²) < 4.78 is 48.6. The van der Waals surface area contributed by atoms with Crippen molar-refractivity contribution in [2.24, 2.45) is 5.73 Å². The summed E-state index contributed by atoms with van der Waals surface area (Å²) in [6.07, 6.45) is -5.75. The van der Waals surface area contributed by atoms with E-state index in [0.29, 0.717) is 0 Å². The van der Waals surface area contributed by atoms with Gasteiger partial charge in [0, 0.05) is 11.6 Å². The van der Waals surface area contributed by atoms with E-state index in [1.165, 1.54) is 0 Å². The summed E-state index contributed by atoms with van der Waals surface area (Å²) in [6.45, 7) is 0. The molecule has 0 saturated carbocycles. The van der Waals surface area contributed by atoms with Crippen LogP contribution >= 0.6 is 12.4 Å². The maximum atomic E-state index is 12.7. The molecule has 0 radical (unpaired) electrons. The van der Waals surface area contributed by atoms with Gasteiger partial charge in [0.2, 0.25) is 0 Å². The van der Waals surface area contributed by atoms with E-state index in [1.807, 2.05) is 0 Å². The molecule has 1 atom stereocenters. The van der Waals surface area contributed by atoms with E-state index in [0.717, 1.165) is 18.2 Å². The van der Waals surface area contributed by atoms with Crippen LogP contribution < -0.4 is 5.73 Å². The average molecular weight is 260 g/mol. The minimum atomic E-state index is -4.45. The Morgan fingerprint density at radius 2 is 1.88 bits per heavy atom. The van der Waals surface area contributed by atoms with Crippen LogP contribution in [0.4, 0.5) is 17.6 Å². The number of halogens is 5. The second-order valence-electron chi connectivity index (χ2n) is 3.13. The fraction of sp³-hybridized carbons (Fsp3) is 0.333. The minimum absolute atomic E-state index is 0. The Morgan fingerprint density at radius 1 is 1.31 bits per heavy atom. The van der Waals surface area contributed by atoms with Gasteiger partial charge in [0.05, 0.1) is 6.42 Å². The fourth-order valence-corrected chi connectivity index (χ4v) is 1.18. The van der Waals surface area contributed by atoms with Crippen LogP contribution in [-0.4, -0.2) is 11.3 Å². The molecule has 0 aromatic heterocycles. The number of hydrogen-bond donors (Lipinski definition) is 2. The predicted octanol–water partition coefficient (Wildman–Crippen LogP) is 2.91. The van der Waals surface area contributed by atoms with Gasteiger partial charge in [-0.05, 0) is 18.2 Å². The molecule has 1 rings (SSSR count). The third-order valence-electron chi connectivity index (χ3n) is 1.84. The van der Waals surface area contributed by atoms with Crippen molar-refractivity contribution in [2.45, 2.75) is 18.6 Å². The molecule has 3 N–H and O–H groups in total. The number of benzene rings is 1. The average Bonchev–Trinajstić information content (AvgIpc) is 2.06. The van der Waals surface area contributed by atoms with Gasteiger partial charge in [-0.25, -0.2) is 4.39 Å². The smallest absolute Gasteiger partial charge is 0.390 e. The van der Waals surface area contributed by atoms with Gasteiger partial charge >= 0.3 is 6.18 Å². The van der Waals surface area contributed by atoms with Gasteiger partial charge in [0.25, 0.3) is 0 Å². The second-order valence-corrected chi connectivity index (χ2v) is 3.13. The van der Waals surface area contributed by atoms with Crippen LogP contribution in [0.5, 0.6) is 5.75 Å². The molecule has 7 heteroatoms. The molecule has 0 aliphatic rings. The highest BCUT2D eigenvalue weighted by Gasteiger charge is 2.31. The van der Waals surface area contributed by atoms with Crippen molar-refractivity contribution in [3.63, 3.8) is 0 Å². The number of aromatic hydroxyl groups is 1. The van der Waals surface area contributed by atoms with Crippen molar-refractivity contribution in [1.82, 2.24) is 0 Å². The van der Waals surface area contributed by atoms with Crippen LogP contribution in [0.3, 0.4) is 0 Å². The van der Waals surface area contributed by atoms with Gasteiger partial charge in [-0.1, -0.05) is 0 Å². The summed E-state index contributed by atoms with van der Waals surface area (Å²) in [4.78, 5) is 0. The lowest BCUT2D eigenvalue weighted by molar-refractivity contribution is -0.138. The van der Waals surface area contributed by atoms with E-state index < -0.39 is 30.2 Å². The topological polar surface area (TPSA) is 46.2 Å². The molecule has 0 amide bonds. The molecule has 92 valence electrons. The molecule has 0 heterocycles. The molecule has 1 aromatic carbocycles. The summed E-state index contributed by atoms with van der Waals surface area (Å²) in [5, 5.41) is 9.19. The van der Waals surface area contributed by atoms with E-state index in [4.69, 9.17) is 5.73 Å². The van der Waals surface area contributed by atoms with Gasteiger partial charge in [0.15, 0.2) is 0 Å². The van der Waals surface area contributed by atoms with E-state index in [-0.39, 0.29) is 18.0 Å². The first kappa shape index (κ1) is 15.0. The first-order valence-corrected chi connectivity index (χ1v) is 4.10. The Morgan fingerprint density at radius 3 is 2.38 bits per heavy atom. The van der Waals surface area contributed by atoms with E-state index in [1.54, 1.807) is 0 Å². The van der Waals surface area contributed by atoms with Crippen LogP contribution in [-0.2, 0) is 0 Å². The lowest BCUT2D eigenvalue weighted by atomic mass is 10.0. The van der Waals surface area contributed by atoms with Crippen LogP contribution in [0.15, 0.2) is 18.2 Å². The molecule has 1 aromatic rings. The molecule has 0 spiro atoms. The molecule has 0 unspecified atom stereocenters. The quantitative estimate of drug-likeness (QED) is 0.802. The van der Waals surface area contributed by atoms with Crippen molar-refractivity contribution < 1.29 is 22.7 Å². The van der Waals surface area contributed by atoms with Gasteiger partial charge in [-0.2, -0.15) is 13.2 Å². The lowest BCUT2D eigenvalue weighted by Gasteiger charge is -2.15. The zero-order valence-electron chi connectivity index (χ0n) is 7.96. The van der Waals surface area contributed by atoms with Crippen LogP contribution in [0.1, 0.15) is 18.0 Å². The Kier molecular flexibility index (Phi) is 5.02. The summed E-state index contributed by atoms with van der Waals surface area (Å²) >= 11 is 0. The van der Waals surface area contributed by atoms with Gasteiger partial charge < -0.3 is 10.8 Å². The number of hydrogen-bond acceptors (Lipinski definition) is 2. The van der Waals surface area contributed by atoms with E-state index in [2.05, 4.69) is 0 Å². The monoisotopic (exact) mass is 259 g/mol. The molecule has 0 bridgehead atoms. The number of nitrogens with two attached hydrogens (primary N) is 1. The largest absolute Gasteiger partial charge is 0.508 e. The molecule has 16 heavy (non-hydrogen) atoms. The molecule has 0 aliphatic carbocycles. The zero-order chi connectivity index (χ0) is 11.6. The predicted molar refractivity (Wildman–Crippen MR) is 52.9 cm³/mol. The number of alkyl halides is 3.